The first-order chi connectivity index (χ1) is 10.5. The maximum Gasteiger partial charge on any atom is 0.243 e. The van der Waals surface area contributed by atoms with E-state index in [1.807, 2.05) is 43.3 Å². The molecule has 0 aromatic heterocycles. The number of carbonyl (C=O) groups is 1. The van der Waals surface area contributed by atoms with Gasteiger partial charge in [-0.15, -0.1) is 0 Å². The van der Waals surface area contributed by atoms with Crippen LogP contribution in [0.15, 0.2) is 45.3 Å². The average Bonchev–Trinajstić information content (AvgIpc) is 2.46. The fourth-order valence-corrected chi connectivity index (χ4v) is 3.11. The van der Waals surface area contributed by atoms with Crippen LogP contribution in [0.2, 0.25) is 0 Å². The molecule has 0 aliphatic carbocycles. The van der Waals surface area contributed by atoms with Crippen molar-refractivity contribution in [1.82, 2.24) is 0 Å². The number of halogens is 2. The van der Waals surface area contributed by atoms with Gasteiger partial charge in [-0.2, -0.15) is 0 Å². The van der Waals surface area contributed by atoms with Gasteiger partial charge in [-0.1, -0.05) is 22.0 Å². The highest BCUT2D eigenvalue weighted by atomic mass is 79.9. The molecule has 116 valence electrons. The molecule has 0 aliphatic heterocycles. The standard InChI is InChI=1S/C16H16Br2N2O2/c1-10-3-6-15(22-2)14(7-10)20-16(21)9-19-13-5-4-11(17)8-12(13)18/h3-8,19H,9H2,1-2H3,(H,20,21). The molecule has 0 aliphatic rings. The number of methoxy groups -OCH3 is 1. The Kier molecular flexibility index (Phi) is 5.85. The molecule has 0 heterocycles. The predicted molar refractivity (Wildman–Crippen MR) is 96.7 cm³/mol. The second-order valence-electron chi connectivity index (χ2n) is 4.73. The van der Waals surface area contributed by atoms with Gasteiger partial charge in [0.25, 0.3) is 0 Å². The lowest BCUT2D eigenvalue weighted by molar-refractivity contribution is -0.114. The van der Waals surface area contributed by atoms with Crippen molar-refractivity contribution in [3.05, 3.63) is 50.9 Å². The van der Waals surface area contributed by atoms with Gasteiger partial charge in [-0.05, 0) is 58.7 Å². The Bertz CT molecular complexity index is 690. The Labute approximate surface area is 146 Å². The van der Waals surface area contributed by atoms with Gasteiger partial charge in [0.05, 0.1) is 19.3 Å². The number of benzene rings is 2. The molecule has 2 rings (SSSR count). The summed E-state index contributed by atoms with van der Waals surface area (Å²) in [7, 11) is 1.58. The predicted octanol–water partition coefficient (Wildman–Crippen LogP) is 4.58. The summed E-state index contributed by atoms with van der Waals surface area (Å²) in [4.78, 5) is 12.1. The summed E-state index contributed by atoms with van der Waals surface area (Å²) in [6.07, 6.45) is 0. The van der Waals surface area contributed by atoms with E-state index >= 15 is 0 Å². The third-order valence-electron chi connectivity index (χ3n) is 3.00. The van der Waals surface area contributed by atoms with Crippen molar-refractivity contribution in [2.24, 2.45) is 0 Å². The molecule has 0 bridgehead atoms. The van der Waals surface area contributed by atoms with Gasteiger partial charge >= 0.3 is 0 Å². The minimum absolute atomic E-state index is 0.140. The normalized spacial score (nSPS) is 10.2. The number of carbonyl (C=O) groups excluding carboxylic acids is 1. The molecule has 2 aromatic rings. The fourth-order valence-electron chi connectivity index (χ4n) is 1.92. The number of rotatable bonds is 5. The van der Waals surface area contributed by atoms with E-state index in [1.165, 1.54) is 0 Å². The number of aryl methyl sites for hydroxylation is 1. The van der Waals surface area contributed by atoms with Crippen molar-refractivity contribution >= 4 is 49.1 Å². The second kappa shape index (κ2) is 7.65. The lowest BCUT2D eigenvalue weighted by Gasteiger charge is -2.12. The van der Waals surface area contributed by atoms with E-state index in [0.717, 1.165) is 20.2 Å². The summed E-state index contributed by atoms with van der Waals surface area (Å²) in [6, 6.07) is 11.4. The first-order valence-electron chi connectivity index (χ1n) is 6.63. The summed E-state index contributed by atoms with van der Waals surface area (Å²) in [5, 5.41) is 5.94. The molecule has 2 aromatic carbocycles. The van der Waals surface area contributed by atoms with Crippen LogP contribution < -0.4 is 15.4 Å². The Morgan fingerprint density at radius 1 is 1.14 bits per heavy atom. The topological polar surface area (TPSA) is 50.4 Å². The number of hydrogen-bond acceptors (Lipinski definition) is 3. The van der Waals surface area contributed by atoms with Crippen LogP contribution >= 0.6 is 31.9 Å². The molecule has 1 amide bonds. The highest BCUT2D eigenvalue weighted by Crippen LogP contribution is 2.27. The van der Waals surface area contributed by atoms with Crippen LogP contribution in [0.1, 0.15) is 5.56 Å². The lowest BCUT2D eigenvalue weighted by atomic mass is 10.2. The lowest BCUT2D eigenvalue weighted by Crippen LogP contribution is -2.22. The summed E-state index contributed by atoms with van der Waals surface area (Å²) < 4.78 is 7.11. The average molecular weight is 428 g/mol. The van der Waals surface area contributed by atoms with Crippen LogP contribution in [0.5, 0.6) is 5.75 Å². The monoisotopic (exact) mass is 426 g/mol. The van der Waals surface area contributed by atoms with Crippen molar-refractivity contribution in [2.45, 2.75) is 6.92 Å². The van der Waals surface area contributed by atoms with E-state index in [0.29, 0.717) is 11.4 Å². The third-order valence-corrected chi connectivity index (χ3v) is 4.15. The second-order valence-corrected chi connectivity index (χ2v) is 6.50. The summed E-state index contributed by atoms with van der Waals surface area (Å²) >= 11 is 6.84. The van der Waals surface area contributed by atoms with Crippen molar-refractivity contribution in [1.29, 1.82) is 0 Å². The Balaban J connectivity index is 2.00. The molecule has 0 atom stereocenters. The molecule has 6 heteroatoms. The minimum atomic E-state index is -0.140. The zero-order valence-electron chi connectivity index (χ0n) is 12.2. The Morgan fingerprint density at radius 3 is 2.59 bits per heavy atom. The molecule has 0 fully saturated rings. The number of anilines is 2. The summed E-state index contributed by atoms with van der Waals surface area (Å²) in [6.45, 7) is 2.13. The highest BCUT2D eigenvalue weighted by molar-refractivity contribution is 9.11. The maximum absolute atomic E-state index is 12.1. The van der Waals surface area contributed by atoms with Gasteiger partial charge in [0.2, 0.25) is 5.91 Å². The van der Waals surface area contributed by atoms with E-state index in [9.17, 15) is 4.79 Å². The quantitative estimate of drug-likeness (QED) is 0.734. The SMILES string of the molecule is COc1ccc(C)cc1NC(=O)CNc1ccc(Br)cc1Br. The van der Waals surface area contributed by atoms with Gasteiger partial charge in [-0.3, -0.25) is 4.79 Å². The van der Waals surface area contributed by atoms with E-state index in [-0.39, 0.29) is 12.5 Å². The van der Waals surface area contributed by atoms with Gasteiger partial charge < -0.3 is 15.4 Å². The molecule has 0 unspecified atom stereocenters. The van der Waals surface area contributed by atoms with Crippen LogP contribution in [0.25, 0.3) is 0 Å². The van der Waals surface area contributed by atoms with Crippen LogP contribution in [0.3, 0.4) is 0 Å². The molecule has 2 N–H and O–H groups in total. The summed E-state index contributed by atoms with van der Waals surface area (Å²) in [5.74, 6) is 0.502. The zero-order chi connectivity index (χ0) is 16.1. The van der Waals surface area contributed by atoms with Crippen LogP contribution in [0, 0.1) is 6.92 Å². The number of hydrogen-bond donors (Lipinski definition) is 2. The largest absolute Gasteiger partial charge is 0.495 e. The smallest absolute Gasteiger partial charge is 0.243 e. The molecule has 0 saturated carbocycles. The molecule has 0 radical (unpaired) electrons. The van der Waals surface area contributed by atoms with Crippen molar-refractivity contribution in [2.75, 3.05) is 24.3 Å². The van der Waals surface area contributed by atoms with E-state index in [1.54, 1.807) is 7.11 Å². The maximum atomic E-state index is 12.1. The van der Waals surface area contributed by atoms with Crippen molar-refractivity contribution in [3.63, 3.8) is 0 Å². The van der Waals surface area contributed by atoms with E-state index in [4.69, 9.17) is 4.74 Å². The first-order valence-corrected chi connectivity index (χ1v) is 8.21. The molecule has 0 spiro atoms. The summed E-state index contributed by atoms with van der Waals surface area (Å²) in [5.41, 5.74) is 2.58. The van der Waals surface area contributed by atoms with Gasteiger partial charge in [0, 0.05) is 14.6 Å². The number of ether oxygens (including phenoxy) is 1. The van der Waals surface area contributed by atoms with Gasteiger partial charge in [-0.25, -0.2) is 0 Å². The number of amides is 1. The van der Waals surface area contributed by atoms with Crippen LogP contribution in [-0.2, 0) is 4.79 Å². The zero-order valence-corrected chi connectivity index (χ0v) is 15.4. The number of nitrogens with one attached hydrogen (secondary N) is 2. The van der Waals surface area contributed by atoms with Gasteiger partial charge in [0.1, 0.15) is 5.75 Å². The minimum Gasteiger partial charge on any atom is -0.495 e. The van der Waals surface area contributed by atoms with Crippen molar-refractivity contribution in [3.8, 4) is 5.75 Å². The molecular formula is C16H16Br2N2O2. The molecular weight excluding hydrogens is 412 g/mol. The highest BCUT2D eigenvalue weighted by Gasteiger charge is 2.08. The fraction of sp³-hybridized carbons (Fsp3) is 0.188. The Hall–Kier alpha value is -1.53. The van der Waals surface area contributed by atoms with Crippen molar-refractivity contribution < 1.29 is 9.53 Å². The first kappa shape index (κ1) is 16.8. The third kappa shape index (κ3) is 4.48. The van der Waals surface area contributed by atoms with Crippen LogP contribution in [-0.4, -0.2) is 19.6 Å². The van der Waals surface area contributed by atoms with Gasteiger partial charge in [0.15, 0.2) is 0 Å². The molecule has 4 nitrogen and oxygen atoms in total. The van der Waals surface area contributed by atoms with Crippen LogP contribution in [0.4, 0.5) is 11.4 Å². The molecule has 0 saturated heterocycles. The van der Waals surface area contributed by atoms with E-state index < -0.39 is 0 Å². The van der Waals surface area contributed by atoms with E-state index in [2.05, 4.69) is 42.5 Å². The Morgan fingerprint density at radius 2 is 1.91 bits per heavy atom. The molecule has 22 heavy (non-hydrogen) atoms.